The Balaban J connectivity index is 2.00. The summed E-state index contributed by atoms with van der Waals surface area (Å²) in [5.74, 6) is 3.39. The molecule has 2 heterocycles. The number of nitrogens with one attached hydrogen (secondary N) is 1. The van der Waals surface area contributed by atoms with Gasteiger partial charge < -0.3 is 9.40 Å². The van der Waals surface area contributed by atoms with Gasteiger partial charge in [0.1, 0.15) is 5.76 Å². The Morgan fingerprint density at radius 1 is 1.50 bits per heavy atom. The third kappa shape index (κ3) is 2.00. The molecule has 5 heteroatoms. The van der Waals surface area contributed by atoms with E-state index >= 15 is 0 Å². The molecular weight excluding hydrogens is 343 g/mol. The van der Waals surface area contributed by atoms with Crippen LogP contribution in [0.2, 0.25) is 0 Å². The topological polar surface area (TPSA) is 58.9 Å². The molecule has 0 amide bonds. The number of hydrogen-bond acceptors (Lipinski definition) is 3. The second kappa shape index (κ2) is 4.22. The number of aromatic amines is 1. The predicted octanol–water partition coefficient (Wildman–Crippen LogP) is 3.07. The summed E-state index contributed by atoms with van der Waals surface area (Å²) in [6.07, 6.45) is 1.18. The van der Waals surface area contributed by atoms with Gasteiger partial charge in [0.25, 0.3) is 5.56 Å². The highest BCUT2D eigenvalue weighted by molar-refractivity contribution is 14.1. The highest BCUT2D eigenvalue weighted by Crippen LogP contribution is 2.47. The second-order valence-corrected chi connectivity index (χ2v) is 5.91. The lowest BCUT2D eigenvalue weighted by molar-refractivity contribution is 0.514. The summed E-state index contributed by atoms with van der Waals surface area (Å²) < 4.78 is 6.40. The highest BCUT2D eigenvalue weighted by Gasteiger charge is 2.36. The zero-order valence-corrected chi connectivity index (χ0v) is 12.3. The summed E-state index contributed by atoms with van der Waals surface area (Å²) in [7, 11) is 0. The summed E-state index contributed by atoms with van der Waals surface area (Å²) in [4.78, 5) is 18.8. The zero-order chi connectivity index (χ0) is 12.9. The lowest BCUT2D eigenvalue weighted by Gasteiger charge is -2.00. The minimum absolute atomic E-state index is 0.115. The molecule has 2 atom stereocenters. The first-order valence-electron chi connectivity index (χ1n) is 5.93. The third-order valence-corrected chi connectivity index (χ3v) is 4.63. The number of H-pyrrole nitrogens is 1. The number of rotatable bonds is 2. The molecule has 0 saturated heterocycles. The van der Waals surface area contributed by atoms with Gasteiger partial charge in [-0.3, -0.25) is 4.79 Å². The monoisotopic (exact) mass is 356 g/mol. The molecule has 0 bridgehead atoms. The number of halogens is 1. The molecule has 1 aliphatic rings. The predicted molar refractivity (Wildman–Crippen MR) is 76.5 cm³/mol. The van der Waals surface area contributed by atoms with Crippen molar-refractivity contribution in [1.82, 2.24) is 9.97 Å². The standard InChI is InChI=1S/C13H13IN2O2/c1-6-5-8(6)9-3-4-10(18-9)12-15-7(2)11(14)13(17)16-12/h3-4,6,8H,5H2,1-2H3,(H,15,16,17). The molecule has 2 aromatic rings. The maximum absolute atomic E-state index is 11.7. The van der Waals surface area contributed by atoms with Gasteiger partial charge in [-0.2, -0.15) is 0 Å². The molecule has 1 N–H and O–H groups in total. The van der Waals surface area contributed by atoms with Crippen molar-refractivity contribution in [3.05, 3.63) is 37.5 Å². The first kappa shape index (κ1) is 12.0. The average Bonchev–Trinajstić information content (AvgIpc) is 2.89. The van der Waals surface area contributed by atoms with Crippen LogP contribution in [0.3, 0.4) is 0 Å². The summed E-state index contributed by atoms with van der Waals surface area (Å²) >= 11 is 2.00. The molecule has 0 aromatic carbocycles. The van der Waals surface area contributed by atoms with Crippen LogP contribution in [-0.4, -0.2) is 9.97 Å². The van der Waals surface area contributed by atoms with Gasteiger partial charge in [-0.05, 0) is 54.0 Å². The molecule has 0 aliphatic heterocycles. The van der Waals surface area contributed by atoms with Gasteiger partial charge in [0, 0.05) is 5.92 Å². The van der Waals surface area contributed by atoms with Crippen molar-refractivity contribution in [3.63, 3.8) is 0 Å². The number of furan rings is 1. The van der Waals surface area contributed by atoms with E-state index in [1.807, 2.05) is 41.6 Å². The number of aromatic nitrogens is 2. The lowest BCUT2D eigenvalue weighted by atomic mass is 10.3. The quantitative estimate of drug-likeness (QED) is 0.842. The Kier molecular flexibility index (Phi) is 2.80. The van der Waals surface area contributed by atoms with Crippen molar-refractivity contribution >= 4 is 22.6 Å². The van der Waals surface area contributed by atoms with Crippen LogP contribution in [0.5, 0.6) is 0 Å². The van der Waals surface area contributed by atoms with E-state index in [1.54, 1.807) is 0 Å². The van der Waals surface area contributed by atoms with Gasteiger partial charge in [-0.1, -0.05) is 6.92 Å². The SMILES string of the molecule is Cc1nc(-c2ccc(C3CC3C)o2)[nH]c(=O)c1I. The first-order valence-corrected chi connectivity index (χ1v) is 7.00. The van der Waals surface area contributed by atoms with Gasteiger partial charge in [0.2, 0.25) is 0 Å². The molecule has 2 unspecified atom stereocenters. The van der Waals surface area contributed by atoms with E-state index < -0.39 is 0 Å². The number of aryl methyl sites for hydroxylation is 1. The van der Waals surface area contributed by atoms with Crippen molar-refractivity contribution in [3.8, 4) is 11.6 Å². The van der Waals surface area contributed by atoms with Crippen molar-refractivity contribution < 1.29 is 4.42 Å². The Hall–Kier alpha value is -1.11. The average molecular weight is 356 g/mol. The lowest BCUT2D eigenvalue weighted by Crippen LogP contribution is -2.14. The van der Waals surface area contributed by atoms with Crippen LogP contribution in [0.1, 0.15) is 30.7 Å². The van der Waals surface area contributed by atoms with Crippen LogP contribution in [-0.2, 0) is 0 Å². The Morgan fingerprint density at radius 3 is 2.83 bits per heavy atom. The molecule has 4 nitrogen and oxygen atoms in total. The van der Waals surface area contributed by atoms with E-state index in [9.17, 15) is 4.79 Å². The molecule has 1 saturated carbocycles. The van der Waals surface area contributed by atoms with E-state index in [2.05, 4.69) is 16.9 Å². The zero-order valence-electron chi connectivity index (χ0n) is 10.2. The van der Waals surface area contributed by atoms with Crippen molar-refractivity contribution in [1.29, 1.82) is 0 Å². The third-order valence-electron chi connectivity index (χ3n) is 3.36. The van der Waals surface area contributed by atoms with Crippen LogP contribution in [0.4, 0.5) is 0 Å². The summed E-state index contributed by atoms with van der Waals surface area (Å²) in [6, 6.07) is 3.86. The molecule has 0 radical (unpaired) electrons. The number of nitrogens with zero attached hydrogens (tertiary/aromatic N) is 1. The maximum atomic E-state index is 11.7. The molecule has 94 valence electrons. The molecule has 18 heavy (non-hydrogen) atoms. The van der Waals surface area contributed by atoms with Gasteiger partial charge in [0.05, 0.1) is 9.26 Å². The van der Waals surface area contributed by atoms with Gasteiger partial charge in [-0.25, -0.2) is 4.98 Å². The smallest absolute Gasteiger partial charge is 0.264 e. The summed E-state index contributed by atoms with van der Waals surface area (Å²) in [5, 5.41) is 0. The summed E-state index contributed by atoms with van der Waals surface area (Å²) in [6.45, 7) is 4.04. The molecule has 2 aromatic heterocycles. The van der Waals surface area contributed by atoms with E-state index in [0.29, 0.717) is 27.0 Å². The van der Waals surface area contributed by atoms with Crippen LogP contribution in [0.25, 0.3) is 11.6 Å². The summed E-state index contributed by atoms with van der Waals surface area (Å²) in [5.41, 5.74) is 0.614. The normalized spacial score (nSPS) is 22.2. The molecule has 0 spiro atoms. The Morgan fingerprint density at radius 2 is 2.22 bits per heavy atom. The fourth-order valence-corrected chi connectivity index (χ4v) is 2.34. The largest absolute Gasteiger partial charge is 0.458 e. The fourth-order valence-electron chi connectivity index (χ4n) is 2.09. The van der Waals surface area contributed by atoms with Crippen LogP contribution >= 0.6 is 22.6 Å². The van der Waals surface area contributed by atoms with Gasteiger partial charge in [-0.15, -0.1) is 0 Å². The minimum Gasteiger partial charge on any atom is -0.458 e. The Labute approximate surface area is 118 Å². The van der Waals surface area contributed by atoms with E-state index in [4.69, 9.17) is 4.42 Å². The fraction of sp³-hybridized carbons (Fsp3) is 0.385. The van der Waals surface area contributed by atoms with Gasteiger partial charge in [0.15, 0.2) is 11.6 Å². The second-order valence-electron chi connectivity index (χ2n) is 4.84. The molecule has 1 fully saturated rings. The van der Waals surface area contributed by atoms with Crippen LogP contribution in [0, 0.1) is 16.4 Å². The molecule has 3 rings (SSSR count). The van der Waals surface area contributed by atoms with Crippen molar-refractivity contribution in [2.45, 2.75) is 26.2 Å². The molecular formula is C13H13IN2O2. The Bertz CT molecular complexity index is 659. The van der Waals surface area contributed by atoms with E-state index in [-0.39, 0.29) is 5.56 Å². The van der Waals surface area contributed by atoms with E-state index in [1.165, 1.54) is 6.42 Å². The van der Waals surface area contributed by atoms with Crippen LogP contribution < -0.4 is 5.56 Å². The van der Waals surface area contributed by atoms with Crippen molar-refractivity contribution in [2.75, 3.05) is 0 Å². The van der Waals surface area contributed by atoms with Crippen LogP contribution in [0.15, 0.2) is 21.3 Å². The highest BCUT2D eigenvalue weighted by atomic mass is 127. The van der Waals surface area contributed by atoms with E-state index in [0.717, 1.165) is 11.5 Å². The number of hydrogen-bond donors (Lipinski definition) is 1. The van der Waals surface area contributed by atoms with Gasteiger partial charge >= 0.3 is 0 Å². The minimum atomic E-state index is -0.115. The first-order chi connectivity index (χ1) is 8.56. The maximum Gasteiger partial charge on any atom is 0.264 e. The van der Waals surface area contributed by atoms with Crippen molar-refractivity contribution in [2.24, 2.45) is 5.92 Å². The molecule has 1 aliphatic carbocycles.